The summed E-state index contributed by atoms with van der Waals surface area (Å²) in [6, 6.07) is 3.54. The molecular formula is C10H13NO2. The lowest BCUT2D eigenvalue weighted by atomic mass is 10.0. The van der Waals surface area contributed by atoms with Gasteiger partial charge in [-0.1, -0.05) is 6.07 Å². The molecule has 0 radical (unpaired) electrons. The van der Waals surface area contributed by atoms with E-state index in [1.54, 1.807) is 6.07 Å². The number of rotatable bonds is 2. The third kappa shape index (κ3) is 1.60. The van der Waals surface area contributed by atoms with E-state index in [4.69, 9.17) is 10.5 Å². The molecule has 2 rings (SSSR count). The summed E-state index contributed by atoms with van der Waals surface area (Å²) in [5.74, 6) is 0.262. The van der Waals surface area contributed by atoms with Crippen LogP contribution in [-0.2, 0) is 11.2 Å². The van der Waals surface area contributed by atoms with Gasteiger partial charge < -0.3 is 15.6 Å². The van der Waals surface area contributed by atoms with Crippen LogP contribution in [0.2, 0.25) is 0 Å². The average molecular weight is 179 g/mol. The number of epoxide rings is 1. The van der Waals surface area contributed by atoms with E-state index in [1.807, 2.05) is 13.0 Å². The molecule has 1 atom stereocenters. The Morgan fingerprint density at radius 2 is 2.31 bits per heavy atom. The van der Waals surface area contributed by atoms with Crippen molar-refractivity contribution >= 4 is 5.69 Å². The predicted molar refractivity (Wildman–Crippen MR) is 50.7 cm³/mol. The molecule has 1 saturated heterocycles. The lowest BCUT2D eigenvalue weighted by Crippen LogP contribution is -2.00. The summed E-state index contributed by atoms with van der Waals surface area (Å²) in [6.45, 7) is 2.65. The first-order valence-corrected chi connectivity index (χ1v) is 4.37. The number of nitrogen functional groups attached to an aromatic ring is 1. The van der Waals surface area contributed by atoms with Crippen LogP contribution in [0.5, 0.6) is 5.75 Å². The van der Waals surface area contributed by atoms with Crippen molar-refractivity contribution in [3.05, 3.63) is 23.3 Å². The Hall–Kier alpha value is -1.22. The van der Waals surface area contributed by atoms with Crippen molar-refractivity contribution in [1.29, 1.82) is 0 Å². The van der Waals surface area contributed by atoms with Gasteiger partial charge in [-0.2, -0.15) is 0 Å². The first kappa shape index (κ1) is 8.38. The Morgan fingerprint density at radius 3 is 2.92 bits per heavy atom. The summed E-state index contributed by atoms with van der Waals surface area (Å²) in [5, 5.41) is 9.36. The number of phenolic OH excluding ortho intramolecular Hbond substituents is 1. The van der Waals surface area contributed by atoms with Gasteiger partial charge in [0.25, 0.3) is 0 Å². The van der Waals surface area contributed by atoms with E-state index >= 15 is 0 Å². The molecule has 1 aliphatic heterocycles. The van der Waals surface area contributed by atoms with Crippen LogP contribution in [-0.4, -0.2) is 17.8 Å². The van der Waals surface area contributed by atoms with Gasteiger partial charge in [-0.15, -0.1) is 0 Å². The molecule has 1 aromatic rings. The largest absolute Gasteiger partial charge is 0.508 e. The first-order valence-electron chi connectivity index (χ1n) is 4.37. The molecule has 3 heteroatoms. The number of ether oxygens (including phenoxy) is 1. The number of phenols is 1. The second-order valence-corrected chi connectivity index (χ2v) is 3.44. The number of benzene rings is 1. The van der Waals surface area contributed by atoms with Crippen molar-refractivity contribution in [2.75, 3.05) is 12.3 Å². The Bertz CT molecular complexity index is 332. The molecule has 0 saturated carbocycles. The summed E-state index contributed by atoms with van der Waals surface area (Å²) < 4.78 is 5.12. The van der Waals surface area contributed by atoms with Crippen LogP contribution >= 0.6 is 0 Å². The molecule has 0 spiro atoms. The third-order valence-corrected chi connectivity index (χ3v) is 2.43. The lowest BCUT2D eigenvalue weighted by Gasteiger charge is -2.08. The van der Waals surface area contributed by atoms with E-state index in [1.165, 1.54) is 0 Å². The van der Waals surface area contributed by atoms with Gasteiger partial charge in [0.05, 0.1) is 12.7 Å². The van der Waals surface area contributed by atoms with Crippen LogP contribution in [0.4, 0.5) is 5.69 Å². The minimum atomic E-state index is 0.262. The van der Waals surface area contributed by atoms with Crippen molar-refractivity contribution < 1.29 is 9.84 Å². The Kier molecular flexibility index (Phi) is 1.88. The van der Waals surface area contributed by atoms with Crippen molar-refractivity contribution in [3.63, 3.8) is 0 Å². The third-order valence-electron chi connectivity index (χ3n) is 2.43. The van der Waals surface area contributed by atoms with Crippen LogP contribution in [0, 0.1) is 6.92 Å². The summed E-state index contributed by atoms with van der Waals surface area (Å²) in [5.41, 5.74) is 8.36. The van der Waals surface area contributed by atoms with Gasteiger partial charge in [0.2, 0.25) is 0 Å². The molecule has 0 bridgehead atoms. The highest BCUT2D eigenvalue weighted by molar-refractivity contribution is 5.58. The van der Waals surface area contributed by atoms with Crippen LogP contribution in [0.15, 0.2) is 12.1 Å². The summed E-state index contributed by atoms with van der Waals surface area (Å²) >= 11 is 0. The number of aromatic hydroxyl groups is 1. The highest BCUT2D eigenvalue weighted by atomic mass is 16.6. The number of hydrogen-bond acceptors (Lipinski definition) is 3. The van der Waals surface area contributed by atoms with Crippen LogP contribution in [0.3, 0.4) is 0 Å². The maximum absolute atomic E-state index is 9.36. The molecule has 3 N–H and O–H groups in total. The predicted octanol–water partition coefficient (Wildman–Crippen LogP) is 1.22. The molecule has 1 fully saturated rings. The lowest BCUT2D eigenvalue weighted by molar-refractivity contribution is 0.407. The molecule has 70 valence electrons. The van der Waals surface area contributed by atoms with Crippen molar-refractivity contribution in [3.8, 4) is 5.75 Å². The fraction of sp³-hybridized carbons (Fsp3) is 0.400. The van der Waals surface area contributed by atoms with Crippen molar-refractivity contribution in [2.45, 2.75) is 19.4 Å². The van der Waals surface area contributed by atoms with Gasteiger partial charge in [0, 0.05) is 17.7 Å². The minimum absolute atomic E-state index is 0.262. The molecule has 0 aliphatic carbocycles. The normalized spacial score (nSPS) is 20.2. The quantitative estimate of drug-likeness (QED) is 0.530. The summed E-state index contributed by atoms with van der Waals surface area (Å²) in [6.07, 6.45) is 1.19. The van der Waals surface area contributed by atoms with Crippen molar-refractivity contribution in [1.82, 2.24) is 0 Å². The molecule has 1 heterocycles. The van der Waals surface area contributed by atoms with Gasteiger partial charge >= 0.3 is 0 Å². The van der Waals surface area contributed by atoms with Crippen LogP contribution in [0.25, 0.3) is 0 Å². The highest BCUT2D eigenvalue weighted by Gasteiger charge is 2.23. The van der Waals surface area contributed by atoms with Gasteiger partial charge in [-0.25, -0.2) is 0 Å². The van der Waals surface area contributed by atoms with E-state index in [2.05, 4.69) is 0 Å². The second-order valence-electron chi connectivity index (χ2n) is 3.44. The van der Waals surface area contributed by atoms with E-state index in [9.17, 15) is 5.11 Å². The molecule has 0 amide bonds. The van der Waals surface area contributed by atoms with Crippen LogP contribution < -0.4 is 5.73 Å². The zero-order valence-electron chi connectivity index (χ0n) is 7.58. The molecule has 0 aromatic heterocycles. The summed E-state index contributed by atoms with van der Waals surface area (Å²) in [4.78, 5) is 0. The monoisotopic (exact) mass is 179 g/mol. The number of nitrogens with two attached hydrogens (primary N) is 1. The number of hydrogen-bond donors (Lipinski definition) is 2. The topological polar surface area (TPSA) is 58.8 Å². The van der Waals surface area contributed by atoms with Gasteiger partial charge in [-0.05, 0) is 18.6 Å². The highest BCUT2D eigenvalue weighted by Crippen LogP contribution is 2.28. The summed E-state index contributed by atoms with van der Waals surface area (Å²) in [7, 11) is 0. The van der Waals surface area contributed by atoms with Gasteiger partial charge in [0.15, 0.2) is 0 Å². The molecule has 3 nitrogen and oxygen atoms in total. The average Bonchev–Trinajstić information content (AvgIpc) is 2.90. The smallest absolute Gasteiger partial charge is 0.120 e. The maximum Gasteiger partial charge on any atom is 0.120 e. The molecule has 1 aliphatic rings. The number of anilines is 1. The standard InChI is InChI=1S/C10H13NO2/c1-6-9(12)3-2-7(10(6)11)4-8-5-13-8/h2-3,8,12H,4-5,11H2,1H3. The molecule has 1 unspecified atom stereocenters. The Labute approximate surface area is 77.1 Å². The fourth-order valence-corrected chi connectivity index (χ4v) is 1.38. The zero-order valence-corrected chi connectivity index (χ0v) is 7.58. The van der Waals surface area contributed by atoms with Crippen molar-refractivity contribution in [2.24, 2.45) is 0 Å². The second kappa shape index (κ2) is 2.92. The van der Waals surface area contributed by atoms with Crippen LogP contribution in [0.1, 0.15) is 11.1 Å². The van der Waals surface area contributed by atoms with Gasteiger partial charge in [-0.3, -0.25) is 0 Å². The SMILES string of the molecule is Cc1c(O)ccc(CC2CO2)c1N. The molecular weight excluding hydrogens is 166 g/mol. The molecule has 1 aromatic carbocycles. The Balaban J connectivity index is 2.29. The maximum atomic E-state index is 9.36. The van der Waals surface area contributed by atoms with E-state index in [0.29, 0.717) is 11.8 Å². The molecule has 13 heavy (non-hydrogen) atoms. The minimum Gasteiger partial charge on any atom is -0.508 e. The van der Waals surface area contributed by atoms with E-state index in [0.717, 1.165) is 24.2 Å². The Morgan fingerprint density at radius 1 is 1.62 bits per heavy atom. The van der Waals surface area contributed by atoms with E-state index in [-0.39, 0.29) is 5.75 Å². The zero-order chi connectivity index (χ0) is 9.42. The fourth-order valence-electron chi connectivity index (χ4n) is 1.38. The first-order chi connectivity index (χ1) is 6.18. The van der Waals surface area contributed by atoms with Gasteiger partial charge in [0.1, 0.15) is 5.75 Å². The van der Waals surface area contributed by atoms with E-state index < -0.39 is 0 Å².